The van der Waals surface area contributed by atoms with Gasteiger partial charge in [0.1, 0.15) is 12.6 Å². The van der Waals surface area contributed by atoms with Crippen LogP contribution < -0.4 is 21.3 Å². The minimum absolute atomic E-state index is 0.203. The van der Waals surface area contributed by atoms with Crippen LogP contribution in [0.2, 0.25) is 0 Å². The number of nitrogens with one attached hydrogen (secondary N) is 4. The van der Waals surface area contributed by atoms with E-state index in [0.29, 0.717) is 12.2 Å². The summed E-state index contributed by atoms with van der Waals surface area (Å²) in [6.07, 6.45) is 3.99. The predicted octanol–water partition coefficient (Wildman–Crippen LogP) is -2.25. The van der Waals surface area contributed by atoms with E-state index < -0.39 is 42.8 Å². The number of amides is 4. The zero-order chi connectivity index (χ0) is 21.8. The van der Waals surface area contributed by atoms with E-state index in [2.05, 4.69) is 21.3 Å². The molecule has 1 unspecified atom stereocenters. The number of carbonyl (C=O) groups is 5. The molecule has 0 saturated carbocycles. The topological polar surface area (TPSA) is 157 Å². The van der Waals surface area contributed by atoms with Crippen molar-refractivity contribution in [2.24, 2.45) is 0 Å². The van der Waals surface area contributed by atoms with E-state index in [1.54, 1.807) is 11.8 Å². The third-order valence-corrected chi connectivity index (χ3v) is 5.02. The Balaban J connectivity index is 2.44. The van der Waals surface area contributed by atoms with Gasteiger partial charge in [-0.05, 0) is 44.9 Å². The number of thioether (sulfide) groups is 1. The number of likely N-dealkylation sites (tertiary alicyclic amines) is 1. The summed E-state index contributed by atoms with van der Waals surface area (Å²) in [6.45, 7) is -0.471. The third kappa shape index (κ3) is 9.61. The van der Waals surface area contributed by atoms with Gasteiger partial charge in [-0.1, -0.05) is 0 Å². The van der Waals surface area contributed by atoms with Crippen molar-refractivity contribution < 1.29 is 29.1 Å². The van der Waals surface area contributed by atoms with Crippen LogP contribution in [0.15, 0.2) is 0 Å². The zero-order valence-electron chi connectivity index (χ0n) is 16.7. The van der Waals surface area contributed by atoms with Crippen LogP contribution in [0.5, 0.6) is 0 Å². The minimum atomic E-state index is -1.20. The Labute approximate surface area is 173 Å². The van der Waals surface area contributed by atoms with Gasteiger partial charge in [-0.25, -0.2) is 0 Å². The summed E-state index contributed by atoms with van der Waals surface area (Å²) in [5.41, 5.74) is 0. The second-order valence-corrected chi connectivity index (χ2v) is 7.63. The zero-order valence-corrected chi connectivity index (χ0v) is 17.5. The van der Waals surface area contributed by atoms with Gasteiger partial charge in [-0.2, -0.15) is 11.8 Å². The first kappa shape index (κ1) is 24.7. The highest BCUT2D eigenvalue weighted by Gasteiger charge is 2.30. The second-order valence-electron chi connectivity index (χ2n) is 6.65. The van der Waals surface area contributed by atoms with Crippen LogP contribution in [0.4, 0.5) is 0 Å². The molecule has 1 saturated heterocycles. The lowest BCUT2D eigenvalue weighted by Crippen LogP contribution is -2.53. The third-order valence-electron chi connectivity index (χ3n) is 4.37. The van der Waals surface area contributed by atoms with Crippen molar-refractivity contribution in [1.82, 2.24) is 26.2 Å². The molecule has 1 aliphatic rings. The van der Waals surface area contributed by atoms with E-state index in [0.717, 1.165) is 19.4 Å². The molecule has 0 bridgehead atoms. The first-order chi connectivity index (χ1) is 13.7. The molecule has 1 fully saturated rings. The van der Waals surface area contributed by atoms with Crippen molar-refractivity contribution in [1.29, 1.82) is 0 Å². The van der Waals surface area contributed by atoms with Crippen LogP contribution in [0, 0.1) is 0 Å². The Morgan fingerprint density at radius 2 is 1.69 bits per heavy atom. The van der Waals surface area contributed by atoms with Gasteiger partial charge >= 0.3 is 5.97 Å². The molecule has 4 amide bonds. The molecule has 2 atom stereocenters. The van der Waals surface area contributed by atoms with Gasteiger partial charge in [-0.3, -0.25) is 28.9 Å². The Kier molecular flexibility index (Phi) is 11.1. The molecule has 12 heteroatoms. The molecule has 0 aliphatic carbocycles. The quantitative estimate of drug-likeness (QED) is 0.232. The summed E-state index contributed by atoms with van der Waals surface area (Å²) in [5.74, 6) is -2.47. The number of likely N-dealkylation sites (N-methyl/N-ethyl adjacent to an activating group) is 1. The van der Waals surface area contributed by atoms with E-state index >= 15 is 0 Å². The van der Waals surface area contributed by atoms with Crippen LogP contribution in [0.3, 0.4) is 0 Å². The average Bonchev–Trinajstić information content (AvgIpc) is 3.11. The maximum absolute atomic E-state index is 12.5. The number of carbonyl (C=O) groups excluding carboxylic acids is 4. The first-order valence-electron chi connectivity index (χ1n) is 9.27. The maximum Gasteiger partial charge on any atom is 0.322 e. The van der Waals surface area contributed by atoms with Crippen molar-refractivity contribution in [2.45, 2.75) is 31.3 Å². The van der Waals surface area contributed by atoms with E-state index in [-0.39, 0.29) is 18.5 Å². The normalized spacial score (nSPS) is 17.2. The number of hydrogen-bond acceptors (Lipinski definition) is 7. The highest BCUT2D eigenvalue weighted by atomic mass is 32.2. The summed E-state index contributed by atoms with van der Waals surface area (Å²) in [6, 6.07) is -1.01. The van der Waals surface area contributed by atoms with Crippen molar-refractivity contribution in [3.05, 3.63) is 0 Å². The number of nitrogens with zero attached hydrogens (tertiary/aromatic N) is 1. The number of aliphatic carboxylic acids is 1. The fraction of sp³-hybridized carbons (Fsp3) is 0.706. The monoisotopic (exact) mass is 431 g/mol. The van der Waals surface area contributed by atoms with E-state index in [1.807, 2.05) is 18.2 Å². The molecule has 0 spiro atoms. The molecule has 0 radical (unpaired) electrons. The molecule has 0 aromatic heterocycles. The van der Waals surface area contributed by atoms with Crippen molar-refractivity contribution >= 4 is 41.4 Å². The predicted molar refractivity (Wildman–Crippen MR) is 107 cm³/mol. The molecule has 1 heterocycles. The van der Waals surface area contributed by atoms with Crippen molar-refractivity contribution in [3.8, 4) is 0 Å². The Morgan fingerprint density at radius 3 is 2.24 bits per heavy atom. The summed E-state index contributed by atoms with van der Waals surface area (Å²) in [5, 5.41) is 18.1. The van der Waals surface area contributed by atoms with E-state index in [4.69, 9.17) is 5.11 Å². The van der Waals surface area contributed by atoms with Gasteiger partial charge in [0.2, 0.25) is 23.6 Å². The van der Waals surface area contributed by atoms with E-state index in [1.165, 1.54) is 0 Å². The molecule has 29 heavy (non-hydrogen) atoms. The largest absolute Gasteiger partial charge is 0.480 e. The van der Waals surface area contributed by atoms with Crippen LogP contribution in [0.1, 0.15) is 19.3 Å². The van der Waals surface area contributed by atoms with Crippen LogP contribution >= 0.6 is 11.8 Å². The van der Waals surface area contributed by atoms with Gasteiger partial charge < -0.3 is 26.4 Å². The number of rotatable bonds is 12. The number of hydrogen-bond donors (Lipinski definition) is 5. The lowest BCUT2D eigenvalue weighted by atomic mass is 10.1. The SMILES string of the molecule is CSCCC(NC(=O)[C@@H]1CCCN1C)C(=O)NCC(=O)NCC(=O)NCC(=O)O. The Hall–Kier alpha value is -2.34. The minimum Gasteiger partial charge on any atom is -0.480 e. The Morgan fingerprint density at radius 1 is 1.07 bits per heavy atom. The van der Waals surface area contributed by atoms with Crippen LogP contribution in [0.25, 0.3) is 0 Å². The lowest BCUT2D eigenvalue weighted by molar-refractivity contribution is -0.137. The first-order valence-corrected chi connectivity index (χ1v) is 10.7. The smallest absolute Gasteiger partial charge is 0.322 e. The van der Waals surface area contributed by atoms with Gasteiger partial charge in [0.15, 0.2) is 0 Å². The summed E-state index contributed by atoms with van der Waals surface area (Å²) in [7, 11) is 1.87. The van der Waals surface area contributed by atoms with Crippen molar-refractivity contribution in [2.75, 3.05) is 45.2 Å². The highest BCUT2D eigenvalue weighted by molar-refractivity contribution is 7.98. The number of carboxylic acids is 1. The second kappa shape index (κ2) is 13.0. The molecule has 5 N–H and O–H groups in total. The average molecular weight is 432 g/mol. The fourth-order valence-electron chi connectivity index (χ4n) is 2.78. The summed E-state index contributed by atoms with van der Waals surface area (Å²) in [4.78, 5) is 60.3. The number of carboxylic acid groups (broad SMARTS) is 1. The maximum atomic E-state index is 12.5. The molecular formula is C17H29N5O6S. The standard InChI is InChI=1S/C17H29N5O6S/c1-22-6-3-4-12(22)17(28)21-11(5-7-29-2)16(27)20-9-14(24)18-8-13(23)19-10-15(25)26/h11-12H,3-10H2,1-2H3,(H,18,24)(H,19,23)(H,20,27)(H,21,28)(H,25,26)/t11?,12-/m0/s1. The van der Waals surface area contributed by atoms with Gasteiger partial charge in [0.05, 0.1) is 19.1 Å². The molecule has 164 valence electrons. The molecular weight excluding hydrogens is 402 g/mol. The van der Waals surface area contributed by atoms with Gasteiger partial charge in [-0.15, -0.1) is 0 Å². The molecule has 0 aromatic rings. The molecule has 0 aromatic carbocycles. The summed E-state index contributed by atoms with van der Waals surface area (Å²) < 4.78 is 0. The van der Waals surface area contributed by atoms with E-state index in [9.17, 15) is 24.0 Å². The van der Waals surface area contributed by atoms with Gasteiger partial charge in [0, 0.05) is 0 Å². The fourth-order valence-corrected chi connectivity index (χ4v) is 3.25. The Bertz CT molecular complexity index is 617. The molecule has 11 nitrogen and oxygen atoms in total. The molecule has 1 rings (SSSR count). The lowest BCUT2D eigenvalue weighted by Gasteiger charge is -2.23. The van der Waals surface area contributed by atoms with Crippen LogP contribution in [-0.2, 0) is 24.0 Å². The van der Waals surface area contributed by atoms with Crippen molar-refractivity contribution in [3.63, 3.8) is 0 Å². The van der Waals surface area contributed by atoms with Crippen LogP contribution in [-0.4, -0.2) is 96.9 Å². The van der Waals surface area contributed by atoms with Gasteiger partial charge in [0.25, 0.3) is 0 Å². The molecule has 1 aliphatic heterocycles. The summed E-state index contributed by atoms with van der Waals surface area (Å²) >= 11 is 1.54. The highest BCUT2D eigenvalue weighted by Crippen LogP contribution is 2.15.